The Morgan fingerprint density at radius 1 is 1.15 bits per heavy atom. The number of nitrogens with one attached hydrogen (secondary N) is 1. The van der Waals surface area contributed by atoms with E-state index in [1.54, 1.807) is 7.11 Å². The van der Waals surface area contributed by atoms with Gasteiger partial charge in [-0.15, -0.1) is 0 Å². The third-order valence-electron chi connectivity index (χ3n) is 2.95. The monoisotopic (exact) mass is 271 g/mol. The maximum Gasteiger partial charge on any atom is 0.131 e. The predicted octanol–water partition coefficient (Wildman–Crippen LogP) is 3.15. The second-order valence-corrected chi connectivity index (χ2v) is 4.55. The van der Waals surface area contributed by atoms with Crippen molar-refractivity contribution in [2.24, 2.45) is 0 Å². The van der Waals surface area contributed by atoms with E-state index in [1.807, 2.05) is 24.3 Å². The molecule has 106 valence electrons. The van der Waals surface area contributed by atoms with Gasteiger partial charge < -0.3 is 10.1 Å². The standard InChI is InChI=1S/C16H21N3O/c1-3-17-16-12-14(13-8-5-4-6-9-13)18-15(19-16)10-7-11-20-2/h4-6,8-9,12H,3,7,10-11H2,1-2H3,(H,17,18,19). The molecular formula is C16H21N3O. The Labute approximate surface area is 120 Å². The molecule has 1 N–H and O–H groups in total. The van der Waals surface area contributed by atoms with Crippen molar-refractivity contribution < 1.29 is 4.74 Å². The largest absolute Gasteiger partial charge is 0.385 e. The maximum atomic E-state index is 5.08. The van der Waals surface area contributed by atoms with Gasteiger partial charge in [0, 0.05) is 38.3 Å². The smallest absolute Gasteiger partial charge is 0.131 e. The van der Waals surface area contributed by atoms with E-state index in [4.69, 9.17) is 4.74 Å². The molecule has 0 unspecified atom stereocenters. The third-order valence-corrected chi connectivity index (χ3v) is 2.95. The van der Waals surface area contributed by atoms with Gasteiger partial charge >= 0.3 is 0 Å². The Hall–Kier alpha value is -1.94. The van der Waals surface area contributed by atoms with Gasteiger partial charge in [-0.1, -0.05) is 30.3 Å². The summed E-state index contributed by atoms with van der Waals surface area (Å²) >= 11 is 0. The normalized spacial score (nSPS) is 10.5. The van der Waals surface area contributed by atoms with Crippen molar-refractivity contribution in [3.63, 3.8) is 0 Å². The van der Waals surface area contributed by atoms with Crippen LogP contribution >= 0.6 is 0 Å². The van der Waals surface area contributed by atoms with Crippen LogP contribution in [0.1, 0.15) is 19.2 Å². The summed E-state index contributed by atoms with van der Waals surface area (Å²) in [6, 6.07) is 12.2. The van der Waals surface area contributed by atoms with Gasteiger partial charge in [0.05, 0.1) is 5.69 Å². The fourth-order valence-electron chi connectivity index (χ4n) is 2.01. The van der Waals surface area contributed by atoms with Crippen LogP contribution in [0.5, 0.6) is 0 Å². The highest BCUT2D eigenvalue weighted by Gasteiger charge is 2.06. The summed E-state index contributed by atoms with van der Waals surface area (Å²) in [5, 5.41) is 3.27. The summed E-state index contributed by atoms with van der Waals surface area (Å²) in [5.41, 5.74) is 2.08. The number of ether oxygens (including phenoxy) is 1. The first-order valence-electron chi connectivity index (χ1n) is 6.99. The molecule has 1 aromatic heterocycles. The zero-order chi connectivity index (χ0) is 14.2. The molecule has 0 aliphatic rings. The van der Waals surface area contributed by atoms with Crippen molar-refractivity contribution in [1.29, 1.82) is 0 Å². The van der Waals surface area contributed by atoms with Crippen molar-refractivity contribution >= 4 is 5.82 Å². The number of methoxy groups -OCH3 is 1. The number of anilines is 1. The van der Waals surface area contributed by atoms with Crippen molar-refractivity contribution in [2.75, 3.05) is 25.6 Å². The summed E-state index contributed by atoms with van der Waals surface area (Å²) in [5.74, 6) is 1.74. The van der Waals surface area contributed by atoms with E-state index in [2.05, 4.69) is 34.3 Å². The first kappa shape index (κ1) is 14.5. The van der Waals surface area contributed by atoms with Crippen molar-refractivity contribution in [2.45, 2.75) is 19.8 Å². The molecule has 20 heavy (non-hydrogen) atoms. The molecule has 0 saturated heterocycles. The Bertz CT molecular complexity index is 529. The van der Waals surface area contributed by atoms with E-state index in [0.717, 1.165) is 48.9 Å². The third kappa shape index (κ3) is 4.03. The average Bonchev–Trinajstić information content (AvgIpc) is 2.49. The lowest BCUT2D eigenvalue weighted by molar-refractivity contribution is 0.194. The zero-order valence-corrected chi connectivity index (χ0v) is 12.1. The summed E-state index contributed by atoms with van der Waals surface area (Å²) < 4.78 is 5.08. The van der Waals surface area contributed by atoms with Crippen molar-refractivity contribution in [1.82, 2.24) is 9.97 Å². The SMILES string of the molecule is CCNc1cc(-c2ccccc2)nc(CCCOC)n1. The molecule has 0 atom stereocenters. The van der Waals surface area contributed by atoms with Gasteiger partial charge in [0.25, 0.3) is 0 Å². The zero-order valence-electron chi connectivity index (χ0n) is 12.1. The molecule has 2 rings (SSSR count). The average molecular weight is 271 g/mol. The second-order valence-electron chi connectivity index (χ2n) is 4.55. The highest BCUT2D eigenvalue weighted by atomic mass is 16.5. The minimum atomic E-state index is 0.732. The van der Waals surface area contributed by atoms with E-state index in [0.29, 0.717) is 0 Å². The number of hydrogen-bond acceptors (Lipinski definition) is 4. The lowest BCUT2D eigenvalue weighted by Crippen LogP contribution is -2.05. The molecule has 0 aliphatic heterocycles. The van der Waals surface area contributed by atoms with Crippen molar-refractivity contribution in [3.8, 4) is 11.3 Å². The molecule has 0 amide bonds. The van der Waals surface area contributed by atoms with Gasteiger partial charge in [-0.2, -0.15) is 0 Å². The number of hydrogen-bond donors (Lipinski definition) is 1. The predicted molar refractivity (Wildman–Crippen MR) is 81.8 cm³/mol. The van der Waals surface area contributed by atoms with Crippen LogP contribution in [-0.4, -0.2) is 30.2 Å². The molecule has 0 radical (unpaired) electrons. The van der Waals surface area contributed by atoms with Gasteiger partial charge in [0.1, 0.15) is 11.6 Å². The quantitative estimate of drug-likeness (QED) is 0.786. The summed E-state index contributed by atoms with van der Waals surface area (Å²) in [4.78, 5) is 9.19. The fraction of sp³-hybridized carbons (Fsp3) is 0.375. The molecule has 0 aliphatic carbocycles. The van der Waals surface area contributed by atoms with Crippen LogP contribution < -0.4 is 5.32 Å². The van der Waals surface area contributed by atoms with Gasteiger partial charge in [-0.3, -0.25) is 0 Å². The minimum Gasteiger partial charge on any atom is -0.385 e. The van der Waals surface area contributed by atoms with E-state index in [-0.39, 0.29) is 0 Å². The fourth-order valence-corrected chi connectivity index (χ4v) is 2.01. The van der Waals surface area contributed by atoms with Crippen LogP contribution in [0, 0.1) is 0 Å². The van der Waals surface area contributed by atoms with E-state index < -0.39 is 0 Å². The van der Waals surface area contributed by atoms with Crippen LogP contribution in [0.4, 0.5) is 5.82 Å². The van der Waals surface area contributed by atoms with Crippen LogP contribution in [-0.2, 0) is 11.2 Å². The molecule has 4 heteroatoms. The maximum absolute atomic E-state index is 5.08. The van der Waals surface area contributed by atoms with E-state index >= 15 is 0 Å². The highest BCUT2D eigenvalue weighted by molar-refractivity contribution is 5.62. The summed E-state index contributed by atoms with van der Waals surface area (Å²) in [6.07, 6.45) is 1.76. The highest BCUT2D eigenvalue weighted by Crippen LogP contribution is 2.20. The summed E-state index contributed by atoms with van der Waals surface area (Å²) in [7, 11) is 1.71. The Kier molecular flexibility index (Phi) is 5.50. The molecule has 2 aromatic rings. The Morgan fingerprint density at radius 3 is 2.65 bits per heavy atom. The number of benzene rings is 1. The van der Waals surface area contributed by atoms with Crippen LogP contribution in [0.3, 0.4) is 0 Å². The molecule has 0 fully saturated rings. The molecule has 0 saturated carbocycles. The van der Waals surface area contributed by atoms with Crippen LogP contribution in [0.2, 0.25) is 0 Å². The first-order valence-corrected chi connectivity index (χ1v) is 6.99. The van der Waals surface area contributed by atoms with Gasteiger partial charge in [-0.25, -0.2) is 9.97 Å². The summed E-state index contributed by atoms with van der Waals surface area (Å²) in [6.45, 7) is 3.65. The Balaban J connectivity index is 2.26. The molecule has 1 heterocycles. The topological polar surface area (TPSA) is 47.0 Å². The second kappa shape index (κ2) is 7.60. The molecule has 0 bridgehead atoms. The van der Waals surface area contributed by atoms with Gasteiger partial charge in [0.15, 0.2) is 0 Å². The van der Waals surface area contributed by atoms with Gasteiger partial charge in [0.2, 0.25) is 0 Å². The number of aromatic nitrogens is 2. The van der Waals surface area contributed by atoms with E-state index in [9.17, 15) is 0 Å². The minimum absolute atomic E-state index is 0.732. The number of aryl methyl sites for hydroxylation is 1. The molecule has 4 nitrogen and oxygen atoms in total. The van der Waals surface area contributed by atoms with Crippen LogP contribution in [0.15, 0.2) is 36.4 Å². The molecular weight excluding hydrogens is 250 g/mol. The number of nitrogens with zero attached hydrogens (tertiary/aromatic N) is 2. The first-order chi connectivity index (χ1) is 9.83. The molecule has 0 spiro atoms. The van der Waals surface area contributed by atoms with Crippen molar-refractivity contribution in [3.05, 3.63) is 42.2 Å². The van der Waals surface area contributed by atoms with Crippen LogP contribution in [0.25, 0.3) is 11.3 Å². The Morgan fingerprint density at radius 2 is 1.95 bits per heavy atom. The van der Waals surface area contributed by atoms with Gasteiger partial charge in [-0.05, 0) is 13.3 Å². The lowest BCUT2D eigenvalue weighted by atomic mass is 10.1. The van der Waals surface area contributed by atoms with E-state index in [1.165, 1.54) is 0 Å². The number of rotatable bonds is 7. The molecule has 1 aromatic carbocycles. The lowest BCUT2D eigenvalue weighted by Gasteiger charge is -2.09.